The number of rotatable bonds is 0. The number of allylic oxidation sites excluding steroid dienone is 2. The summed E-state index contributed by atoms with van der Waals surface area (Å²) in [5.74, 6) is 0.973. The third-order valence-corrected chi connectivity index (χ3v) is 3.01. The predicted molar refractivity (Wildman–Crippen MR) is 61.3 cm³/mol. The molecule has 1 aromatic carbocycles. The van der Waals surface area contributed by atoms with Gasteiger partial charge in [0.2, 0.25) is 0 Å². The molecule has 2 heteroatoms. The van der Waals surface area contributed by atoms with Crippen LogP contribution in [0.15, 0.2) is 48.6 Å². The van der Waals surface area contributed by atoms with Crippen LogP contribution in [-0.2, 0) is 0 Å². The van der Waals surface area contributed by atoms with E-state index in [0.717, 1.165) is 5.75 Å². The molecule has 2 aliphatic rings. The molecule has 0 saturated heterocycles. The van der Waals surface area contributed by atoms with E-state index in [0.29, 0.717) is 6.04 Å². The van der Waals surface area contributed by atoms with Gasteiger partial charge in [-0.1, -0.05) is 30.4 Å². The van der Waals surface area contributed by atoms with Crippen molar-refractivity contribution in [2.45, 2.75) is 12.1 Å². The van der Waals surface area contributed by atoms with Gasteiger partial charge in [0.25, 0.3) is 0 Å². The molecule has 76 valence electrons. The van der Waals surface area contributed by atoms with Crippen LogP contribution in [0.5, 0.6) is 5.75 Å². The van der Waals surface area contributed by atoms with Crippen LogP contribution in [0.3, 0.4) is 0 Å². The molecule has 0 amide bonds. The molecule has 1 heterocycles. The molecule has 3 rings (SSSR count). The highest BCUT2D eigenvalue weighted by atomic mass is 16.5. The summed E-state index contributed by atoms with van der Waals surface area (Å²) in [4.78, 5) is 2.27. The molecule has 0 aromatic heterocycles. The lowest BCUT2D eigenvalue weighted by Crippen LogP contribution is -2.46. The van der Waals surface area contributed by atoms with Gasteiger partial charge in [0.1, 0.15) is 11.9 Å². The Morgan fingerprint density at radius 1 is 1.13 bits per heavy atom. The van der Waals surface area contributed by atoms with Crippen molar-refractivity contribution in [1.29, 1.82) is 0 Å². The third kappa shape index (κ3) is 1.25. The van der Waals surface area contributed by atoms with Crippen molar-refractivity contribution in [1.82, 2.24) is 0 Å². The summed E-state index contributed by atoms with van der Waals surface area (Å²) in [6.07, 6.45) is 8.56. The predicted octanol–water partition coefficient (Wildman–Crippen LogP) is 2.38. The summed E-state index contributed by atoms with van der Waals surface area (Å²) in [7, 11) is 2.11. The maximum atomic E-state index is 5.93. The van der Waals surface area contributed by atoms with Gasteiger partial charge >= 0.3 is 0 Å². The van der Waals surface area contributed by atoms with Crippen molar-refractivity contribution < 1.29 is 4.74 Å². The van der Waals surface area contributed by atoms with Crippen LogP contribution in [0.2, 0.25) is 0 Å². The van der Waals surface area contributed by atoms with Crippen LogP contribution in [0, 0.1) is 0 Å². The molecule has 0 fully saturated rings. The SMILES string of the molecule is CN1c2ccccc2OC2C=CC=CC21. The van der Waals surface area contributed by atoms with E-state index >= 15 is 0 Å². The second-order valence-electron chi connectivity index (χ2n) is 3.92. The van der Waals surface area contributed by atoms with Crippen LogP contribution < -0.4 is 9.64 Å². The number of benzene rings is 1. The zero-order chi connectivity index (χ0) is 10.3. The van der Waals surface area contributed by atoms with Gasteiger partial charge in [-0.05, 0) is 18.2 Å². The van der Waals surface area contributed by atoms with Gasteiger partial charge in [-0.25, -0.2) is 0 Å². The lowest BCUT2D eigenvalue weighted by Gasteiger charge is -2.39. The van der Waals surface area contributed by atoms with Gasteiger partial charge < -0.3 is 9.64 Å². The molecule has 0 bridgehead atoms. The van der Waals surface area contributed by atoms with Crippen molar-refractivity contribution in [2.75, 3.05) is 11.9 Å². The Labute approximate surface area is 89.5 Å². The molecular formula is C13H13NO. The van der Waals surface area contributed by atoms with Crippen LogP contribution in [0.1, 0.15) is 0 Å². The first-order valence-corrected chi connectivity index (χ1v) is 5.20. The number of fused-ring (bicyclic) bond motifs is 2. The number of anilines is 1. The quantitative estimate of drug-likeness (QED) is 0.636. The molecule has 0 radical (unpaired) electrons. The van der Waals surface area contributed by atoms with E-state index in [2.05, 4.69) is 36.2 Å². The van der Waals surface area contributed by atoms with E-state index < -0.39 is 0 Å². The largest absolute Gasteiger partial charge is 0.482 e. The minimum absolute atomic E-state index is 0.148. The zero-order valence-electron chi connectivity index (χ0n) is 8.63. The summed E-state index contributed by atoms with van der Waals surface area (Å²) >= 11 is 0. The first-order valence-electron chi connectivity index (χ1n) is 5.20. The average Bonchev–Trinajstić information content (AvgIpc) is 2.30. The Balaban J connectivity index is 2.07. The molecule has 1 aromatic rings. The monoisotopic (exact) mass is 199 g/mol. The summed E-state index contributed by atoms with van der Waals surface area (Å²) in [5, 5.41) is 0. The van der Waals surface area contributed by atoms with Crippen LogP contribution in [0.4, 0.5) is 5.69 Å². The number of hydrogen-bond acceptors (Lipinski definition) is 2. The second kappa shape index (κ2) is 3.16. The molecule has 1 aliphatic heterocycles. The second-order valence-corrected chi connectivity index (χ2v) is 3.92. The summed E-state index contributed by atoms with van der Waals surface area (Å²) < 4.78 is 5.93. The maximum absolute atomic E-state index is 5.93. The Morgan fingerprint density at radius 2 is 1.93 bits per heavy atom. The normalized spacial score (nSPS) is 26.9. The van der Waals surface area contributed by atoms with Gasteiger partial charge in [0, 0.05) is 7.05 Å². The Bertz CT molecular complexity index is 436. The highest BCUT2D eigenvalue weighted by Crippen LogP contribution is 2.36. The number of nitrogens with zero attached hydrogens (tertiary/aromatic N) is 1. The topological polar surface area (TPSA) is 12.5 Å². The molecule has 15 heavy (non-hydrogen) atoms. The van der Waals surface area contributed by atoms with E-state index in [1.807, 2.05) is 24.3 Å². The molecule has 0 saturated carbocycles. The van der Waals surface area contributed by atoms with Crippen molar-refractivity contribution >= 4 is 5.69 Å². The Morgan fingerprint density at radius 3 is 2.87 bits per heavy atom. The fourth-order valence-electron chi connectivity index (χ4n) is 2.19. The van der Waals surface area contributed by atoms with Gasteiger partial charge in [-0.2, -0.15) is 0 Å². The molecule has 2 unspecified atom stereocenters. The van der Waals surface area contributed by atoms with Crippen LogP contribution in [0.25, 0.3) is 0 Å². The number of hydrogen-bond donors (Lipinski definition) is 0. The maximum Gasteiger partial charge on any atom is 0.143 e. The van der Waals surface area contributed by atoms with E-state index in [-0.39, 0.29) is 6.10 Å². The van der Waals surface area contributed by atoms with Crippen molar-refractivity contribution in [3.05, 3.63) is 48.6 Å². The number of likely N-dealkylation sites (N-methyl/N-ethyl adjacent to an activating group) is 1. The summed E-state index contributed by atoms with van der Waals surface area (Å²) in [6, 6.07) is 8.49. The highest BCUT2D eigenvalue weighted by Gasteiger charge is 2.30. The fraction of sp³-hybridized carbons (Fsp3) is 0.231. The fourth-order valence-corrected chi connectivity index (χ4v) is 2.19. The average molecular weight is 199 g/mol. The lowest BCUT2D eigenvalue weighted by atomic mass is 10.0. The molecule has 0 spiro atoms. The minimum Gasteiger partial charge on any atom is -0.482 e. The van der Waals surface area contributed by atoms with Gasteiger partial charge in [-0.3, -0.25) is 0 Å². The molecule has 1 aliphatic carbocycles. The zero-order valence-corrected chi connectivity index (χ0v) is 8.63. The Hall–Kier alpha value is -1.70. The molecule has 2 atom stereocenters. The first-order chi connectivity index (χ1) is 7.36. The van der Waals surface area contributed by atoms with E-state index in [1.54, 1.807) is 0 Å². The van der Waals surface area contributed by atoms with E-state index in [9.17, 15) is 0 Å². The summed E-state index contributed by atoms with van der Waals surface area (Å²) in [5.41, 5.74) is 1.17. The molecular weight excluding hydrogens is 186 g/mol. The summed E-state index contributed by atoms with van der Waals surface area (Å²) in [6.45, 7) is 0. The highest BCUT2D eigenvalue weighted by molar-refractivity contribution is 5.62. The van der Waals surface area contributed by atoms with Gasteiger partial charge in [-0.15, -0.1) is 0 Å². The number of ether oxygens (including phenoxy) is 1. The van der Waals surface area contributed by atoms with Crippen molar-refractivity contribution in [3.63, 3.8) is 0 Å². The smallest absolute Gasteiger partial charge is 0.143 e. The third-order valence-electron chi connectivity index (χ3n) is 3.01. The molecule has 2 nitrogen and oxygen atoms in total. The van der Waals surface area contributed by atoms with Crippen molar-refractivity contribution in [3.8, 4) is 5.75 Å². The van der Waals surface area contributed by atoms with Gasteiger partial charge in [0.15, 0.2) is 0 Å². The number of para-hydroxylation sites is 2. The van der Waals surface area contributed by atoms with Crippen LogP contribution in [-0.4, -0.2) is 19.2 Å². The van der Waals surface area contributed by atoms with E-state index in [4.69, 9.17) is 4.74 Å². The van der Waals surface area contributed by atoms with E-state index in [1.165, 1.54) is 5.69 Å². The first kappa shape index (κ1) is 8.60. The van der Waals surface area contributed by atoms with Crippen LogP contribution >= 0.6 is 0 Å². The van der Waals surface area contributed by atoms with Crippen molar-refractivity contribution in [2.24, 2.45) is 0 Å². The van der Waals surface area contributed by atoms with Gasteiger partial charge in [0.05, 0.1) is 11.7 Å². The standard InChI is InChI=1S/C13H13NO/c1-14-10-6-2-4-8-12(10)15-13-9-5-3-7-11(13)14/h2-10,12H,1H3. The lowest BCUT2D eigenvalue weighted by molar-refractivity contribution is 0.215. The minimum atomic E-state index is 0.148. The molecule has 0 N–H and O–H groups in total. The Kier molecular flexibility index (Phi) is 1.81.